The van der Waals surface area contributed by atoms with Crippen molar-refractivity contribution in [3.63, 3.8) is 0 Å². The van der Waals surface area contributed by atoms with E-state index in [0.717, 1.165) is 16.0 Å². The van der Waals surface area contributed by atoms with Gasteiger partial charge in [0.05, 0.1) is 6.04 Å². The van der Waals surface area contributed by atoms with Crippen LogP contribution in [0.2, 0.25) is 0 Å². The number of amides is 1. The van der Waals surface area contributed by atoms with Crippen LogP contribution in [-0.4, -0.2) is 36.1 Å². The van der Waals surface area contributed by atoms with Gasteiger partial charge in [-0.05, 0) is 24.0 Å². The molecule has 0 aliphatic carbocycles. The third kappa shape index (κ3) is 4.20. The molecule has 0 fully saturated rings. The number of benzene rings is 1. The van der Waals surface area contributed by atoms with Crippen LogP contribution in [0.25, 0.3) is 0 Å². The third-order valence-electron chi connectivity index (χ3n) is 3.55. The van der Waals surface area contributed by atoms with Gasteiger partial charge in [-0.2, -0.15) is 13.2 Å². The molecule has 0 radical (unpaired) electrons. The monoisotopic (exact) mass is 300 g/mol. The van der Waals surface area contributed by atoms with E-state index in [1.807, 2.05) is 24.3 Å². The molecule has 1 aliphatic rings. The van der Waals surface area contributed by atoms with Crippen LogP contribution in [0.5, 0.6) is 0 Å². The van der Waals surface area contributed by atoms with Crippen LogP contribution in [0.3, 0.4) is 0 Å². The number of carbonyl (C=O) groups excluding carboxylic acids is 1. The van der Waals surface area contributed by atoms with Gasteiger partial charge in [-0.3, -0.25) is 4.79 Å². The third-order valence-corrected chi connectivity index (χ3v) is 3.55. The highest BCUT2D eigenvalue weighted by atomic mass is 19.4. The topological polar surface area (TPSA) is 32.3 Å². The predicted octanol–water partition coefficient (Wildman–Crippen LogP) is 2.50. The molecular formula is C15H19F3N2O. The van der Waals surface area contributed by atoms with Crippen molar-refractivity contribution in [1.29, 1.82) is 0 Å². The molecule has 0 bridgehead atoms. The highest BCUT2D eigenvalue weighted by molar-refractivity contribution is 5.82. The lowest BCUT2D eigenvalue weighted by molar-refractivity contribution is -0.162. The van der Waals surface area contributed by atoms with E-state index in [0.29, 0.717) is 19.4 Å². The van der Waals surface area contributed by atoms with Crippen LogP contribution in [0.1, 0.15) is 24.5 Å². The van der Waals surface area contributed by atoms with E-state index in [1.165, 1.54) is 0 Å². The van der Waals surface area contributed by atoms with Crippen molar-refractivity contribution in [2.75, 3.05) is 13.1 Å². The Morgan fingerprint density at radius 2 is 2.00 bits per heavy atom. The number of halogens is 3. The lowest BCUT2D eigenvalue weighted by Gasteiger charge is -2.31. The van der Waals surface area contributed by atoms with Crippen molar-refractivity contribution in [3.8, 4) is 0 Å². The summed E-state index contributed by atoms with van der Waals surface area (Å²) in [6.07, 6.45) is -3.42. The van der Waals surface area contributed by atoms with E-state index in [-0.39, 0.29) is 6.54 Å². The zero-order valence-electron chi connectivity index (χ0n) is 11.9. The van der Waals surface area contributed by atoms with Crippen molar-refractivity contribution in [2.24, 2.45) is 0 Å². The summed E-state index contributed by atoms with van der Waals surface area (Å²) in [6.45, 7) is 1.22. The Labute approximate surface area is 122 Å². The molecule has 0 saturated carbocycles. The Balaban J connectivity index is 2.08. The van der Waals surface area contributed by atoms with Crippen LogP contribution >= 0.6 is 0 Å². The molecule has 1 aliphatic heterocycles. The number of hydrogen-bond acceptors (Lipinski definition) is 2. The summed E-state index contributed by atoms with van der Waals surface area (Å²) in [5, 5.41) is 3.04. The fraction of sp³-hybridized carbons (Fsp3) is 0.533. The quantitative estimate of drug-likeness (QED) is 0.926. The van der Waals surface area contributed by atoms with Gasteiger partial charge in [0, 0.05) is 13.1 Å². The normalized spacial score (nSPS) is 18.2. The molecule has 1 aromatic carbocycles. The van der Waals surface area contributed by atoms with E-state index in [1.54, 1.807) is 6.92 Å². The summed E-state index contributed by atoms with van der Waals surface area (Å²) < 4.78 is 37.7. The smallest absolute Gasteiger partial charge is 0.332 e. The molecule has 1 amide bonds. The maximum atomic E-state index is 12.6. The zero-order chi connectivity index (χ0) is 15.5. The van der Waals surface area contributed by atoms with Gasteiger partial charge in [0.25, 0.3) is 0 Å². The maximum absolute atomic E-state index is 12.6. The predicted molar refractivity (Wildman–Crippen MR) is 73.7 cm³/mol. The molecule has 21 heavy (non-hydrogen) atoms. The fourth-order valence-corrected chi connectivity index (χ4v) is 2.60. The van der Waals surface area contributed by atoms with Crippen molar-refractivity contribution >= 4 is 5.91 Å². The Bertz CT molecular complexity index is 502. The molecule has 6 heteroatoms. The number of rotatable bonds is 4. The Kier molecular flexibility index (Phi) is 4.88. The largest absolute Gasteiger partial charge is 0.406 e. The molecule has 0 unspecified atom stereocenters. The van der Waals surface area contributed by atoms with Gasteiger partial charge in [0.2, 0.25) is 5.91 Å². The van der Waals surface area contributed by atoms with E-state index in [4.69, 9.17) is 0 Å². The van der Waals surface area contributed by atoms with Crippen LogP contribution in [0.15, 0.2) is 24.3 Å². The van der Waals surface area contributed by atoms with Gasteiger partial charge < -0.3 is 10.2 Å². The first kappa shape index (κ1) is 15.8. The number of hydrogen-bond donors (Lipinski definition) is 1. The van der Waals surface area contributed by atoms with Gasteiger partial charge in [-0.1, -0.05) is 31.2 Å². The summed E-state index contributed by atoms with van der Waals surface area (Å²) in [5.74, 6) is -0.469. The molecule has 1 N–H and O–H groups in total. The minimum absolute atomic E-state index is 0.123. The molecular weight excluding hydrogens is 281 g/mol. The average Bonchev–Trinajstić information content (AvgIpc) is 2.44. The molecule has 0 saturated heterocycles. The second kappa shape index (κ2) is 6.47. The van der Waals surface area contributed by atoms with Crippen LogP contribution in [0.4, 0.5) is 13.2 Å². The molecule has 1 atom stereocenters. The lowest BCUT2D eigenvalue weighted by Crippen LogP contribution is -2.51. The van der Waals surface area contributed by atoms with Gasteiger partial charge in [-0.25, -0.2) is 0 Å². The zero-order valence-corrected chi connectivity index (χ0v) is 11.9. The molecule has 116 valence electrons. The summed E-state index contributed by atoms with van der Waals surface area (Å²) in [7, 11) is 0. The number of fused-ring (bicyclic) bond motifs is 1. The highest BCUT2D eigenvalue weighted by Gasteiger charge is 2.35. The van der Waals surface area contributed by atoms with E-state index >= 15 is 0 Å². The number of nitrogens with one attached hydrogen (secondary N) is 1. The van der Waals surface area contributed by atoms with E-state index in [9.17, 15) is 18.0 Å². The SMILES string of the molecule is CCCN(CC(F)(F)F)C(=O)[C@H]1Cc2ccccc2CN1. The van der Waals surface area contributed by atoms with Gasteiger partial charge in [0.1, 0.15) is 6.54 Å². The second-order valence-corrected chi connectivity index (χ2v) is 5.28. The van der Waals surface area contributed by atoms with E-state index in [2.05, 4.69) is 5.32 Å². The average molecular weight is 300 g/mol. The van der Waals surface area contributed by atoms with Crippen LogP contribution in [-0.2, 0) is 17.8 Å². The lowest BCUT2D eigenvalue weighted by atomic mass is 9.95. The number of carbonyl (C=O) groups is 1. The Hall–Kier alpha value is -1.56. The molecule has 2 rings (SSSR count). The first-order chi connectivity index (χ1) is 9.90. The number of alkyl halides is 3. The van der Waals surface area contributed by atoms with Crippen molar-refractivity contribution < 1.29 is 18.0 Å². The van der Waals surface area contributed by atoms with E-state index < -0.39 is 24.7 Å². The van der Waals surface area contributed by atoms with Gasteiger partial charge >= 0.3 is 6.18 Å². The first-order valence-electron chi connectivity index (χ1n) is 7.06. The van der Waals surface area contributed by atoms with Crippen LogP contribution in [0, 0.1) is 0 Å². The molecule has 0 aromatic heterocycles. The molecule has 3 nitrogen and oxygen atoms in total. The van der Waals surface area contributed by atoms with Crippen molar-refractivity contribution in [1.82, 2.24) is 10.2 Å². The summed E-state index contributed by atoms with van der Waals surface area (Å²) in [5.41, 5.74) is 2.12. The number of nitrogens with zero attached hydrogens (tertiary/aromatic N) is 1. The fourth-order valence-electron chi connectivity index (χ4n) is 2.60. The standard InChI is InChI=1S/C15H19F3N2O/c1-2-7-20(10-15(16,17)18)14(21)13-8-11-5-3-4-6-12(11)9-19-13/h3-6,13,19H,2,7-10H2,1H3/t13-/m1/s1. The minimum Gasteiger partial charge on any atom is -0.332 e. The molecule has 0 spiro atoms. The summed E-state index contributed by atoms with van der Waals surface area (Å²) >= 11 is 0. The molecule has 1 aromatic rings. The maximum Gasteiger partial charge on any atom is 0.406 e. The second-order valence-electron chi connectivity index (χ2n) is 5.28. The Morgan fingerprint density at radius 3 is 2.62 bits per heavy atom. The first-order valence-corrected chi connectivity index (χ1v) is 7.06. The van der Waals surface area contributed by atoms with Gasteiger partial charge in [0.15, 0.2) is 0 Å². The van der Waals surface area contributed by atoms with Crippen LogP contribution < -0.4 is 5.32 Å². The minimum atomic E-state index is -4.36. The highest BCUT2D eigenvalue weighted by Crippen LogP contribution is 2.20. The Morgan fingerprint density at radius 1 is 1.33 bits per heavy atom. The van der Waals surface area contributed by atoms with Crippen molar-refractivity contribution in [2.45, 2.75) is 38.5 Å². The van der Waals surface area contributed by atoms with Crippen molar-refractivity contribution in [3.05, 3.63) is 35.4 Å². The summed E-state index contributed by atoms with van der Waals surface area (Å²) in [6, 6.07) is 7.10. The van der Waals surface area contributed by atoms with Gasteiger partial charge in [-0.15, -0.1) is 0 Å². The molecule has 1 heterocycles. The summed E-state index contributed by atoms with van der Waals surface area (Å²) in [4.78, 5) is 13.2.